The number of hydrogen-bond donors (Lipinski definition) is 5. The Morgan fingerprint density at radius 3 is 1.98 bits per heavy atom. The Morgan fingerprint density at radius 2 is 1.27 bits per heavy atom. The Labute approximate surface area is 362 Å². The van der Waals surface area contributed by atoms with Gasteiger partial charge in [0.2, 0.25) is 0 Å². The number of para-hydroxylation sites is 2. The first-order valence-electron chi connectivity index (χ1n) is 20.9. The Morgan fingerprint density at radius 1 is 0.677 bits per heavy atom. The lowest BCUT2D eigenvalue weighted by Crippen LogP contribution is -2.54. The van der Waals surface area contributed by atoms with Gasteiger partial charge in [-0.25, -0.2) is 19.6 Å². The molecule has 0 bridgehead atoms. The van der Waals surface area contributed by atoms with E-state index >= 15 is 0 Å². The molecule has 2 fully saturated rings. The summed E-state index contributed by atoms with van der Waals surface area (Å²) >= 11 is 0. The van der Waals surface area contributed by atoms with Crippen molar-refractivity contribution in [3.63, 3.8) is 0 Å². The number of hydrogen-bond acceptors (Lipinski definition) is 9. The number of nitrogens with zero attached hydrogens (tertiary/aromatic N) is 5. The van der Waals surface area contributed by atoms with E-state index in [0.717, 1.165) is 63.0 Å². The number of likely N-dealkylation sites (tertiary alicyclic amines) is 1. The Bertz CT molecular complexity index is 2400. The maximum Gasteiger partial charge on any atom is 0.324 e. The van der Waals surface area contributed by atoms with Crippen LogP contribution in [-0.4, -0.2) is 100 Å². The van der Waals surface area contributed by atoms with Crippen LogP contribution in [0.4, 0.5) is 21.0 Å². The summed E-state index contributed by atoms with van der Waals surface area (Å²) in [5.74, 6) is 2.21. The third kappa shape index (κ3) is 10.4. The summed E-state index contributed by atoms with van der Waals surface area (Å²) in [5, 5.41) is 11.4. The molecule has 1 atom stereocenters. The molecule has 0 saturated carbocycles. The van der Waals surface area contributed by atoms with E-state index in [4.69, 9.17) is 25.7 Å². The molecule has 0 spiro atoms. The molecular weight excluding hydrogens is 785 g/mol. The van der Waals surface area contributed by atoms with E-state index in [-0.39, 0.29) is 42.6 Å². The van der Waals surface area contributed by atoms with Crippen molar-refractivity contribution < 1.29 is 23.8 Å². The SMILES string of the molecule is COc1ccccc1N1CCN(C(=O)NC(N)=NC(C)c2ccc3cc(-c4cccc(NC5CCN(C(=O)NC(N)=NCc6c(OC)cccc6OC)CC5)c4)ccc3c2)CC1. The number of piperazine rings is 1. The number of aliphatic imine (C=N–C) groups is 2. The summed E-state index contributed by atoms with van der Waals surface area (Å²) < 4.78 is 16.4. The van der Waals surface area contributed by atoms with E-state index in [1.807, 2.05) is 49.4 Å². The Kier molecular flexibility index (Phi) is 13.8. The number of rotatable bonds is 11. The molecule has 0 aromatic heterocycles. The smallest absolute Gasteiger partial charge is 0.324 e. The number of nitrogens with one attached hydrogen (secondary N) is 3. The van der Waals surface area contributed by atoms with Crippen LogP contribution < -0.4 is 46.5 Å². The standard InChI is InChI=1S/C47H56N10O5/c1-31(51-45(49)54-47(59)57-25-23-55(24-26-57)40-11-5-6-12-43(40)62-4)32-15-16-36-28-35(18-17-34(36)27-32)33-9-7-10-38(29-33)52-37-19-21-56(22-20-37)46(58)53-44(48)50-30-39-41(60-2)13-8-14-42(39)61-3/h5-18,27-29,31,37,52H,19-26,30H2,1-4H3,(H3,48,50,53,58)(H3,49,51,54,59). The first kappa shape index (κ1) is 42.9. The lowest BCUT2D eigenvalue weighted by molar-refractivity contribution is 0.188. The molecule has 2 heterocycles. The minimum Gasteiger partial charge on any atom is -0.496 e. The van der Waals surface area contributed by atoms with Crippen LogP contribution in [0, 0.1) is 0 Å². The normalized spacial score (nSPS) is 15.5. The highest BCUT2D eigenvalue weighted by Crippen LogP contribution is 2.32. The van der Waals surface area contributed by atoms with Crippen LogP contribution in [-0.2, 0) is 6.54 Å². The first-order chi connectivity index (χ1) is 30.1. The molecule has 1 unspecified atom stereocenters. The summed E-state index contributed by atoms with van der Waals surface area (Å²) in [7, 11) is 4.83. The van der Waals surface area contributed by atoms with E-state index in [0.29, 0.717) is 50.8 Å². The number of fused-ring (bicyclic) bond motifs is 1. The van der Waals surface area contributed by atoms with Gasteiger partial charge < -0.3 is 45.7 Å². The zero-order valence-corrected chi connectivity index (χ0v) is 35.8. The zero-order valence-electron chi connectivity index (χ0n) is 35.8. The lowest BCUT2D eigenvalue weighted by Gasteiger charge is -2.36. The van der Waals surface area contributed by atoms with Crippen molar-refractivity contribution in [2.24, 2.45) is 21.5 Å². The fourth-order valence-corrected chi connectivity index (χ4v) is 7.98. The number of benzene rings is 5. The van der Waals surface area contributed by atoms with Gasteiger partial charge in [-0.3, -0.25) is 10.6 Å². The minimum atomic E-state index is -0.274. The fraction of sp³-hybridized carbons (Fsp3) is 0.319. The number of ether oxygens (including phenoxy) is 3. The first-order valence-corrected chi connectivity index (χ1v) is 20.9. The number of carbonyl (C=O) groups excluding carboxylic acids is 2. The maximum absolute atomic E-state index is 13.1. The van der Waals surface area contributed by atoms with Crippen LogP contribution in [0.25, 0.3) is 21.9 Å². The number of nitrogens with two attached hydrogens (primary N) is 2. The van der Waals surface area contributed by atoms with Gasteiger partial charge in [0.15, 0.2) is 11.9 Å². The topological polar surface area (TPSA) is 184 Å². The summed E-state index contributed by atoms with van der Waals surface area (Å²) in [6, 6.07) is 33.9. The molecule has 5 aromatic carbocycles. The van der Waals surface area contributed by atoms with E-state index in [2.05, 4.69) is 91.5 Å². The summed E-state index contributed by atoms with van der Waals surface area (Å²) in [6.45, 7) is 5.81. The maximum atomic E-state index is 13.1. The average Bonchev–Trinajstić information content (AvgIpc) is 3.30. The van der Waals surface area contributed by atoms with Crippen molar-refractivity contribution in [3.05, 3.63) is 114 Å². The molecule has 2 saturated heterocycles. The second kappa shape index (κ2) is 19.9. The second-order valence-electron chi connectivity index (χ2n) is 15.3. The predicted molar refractivity (Wildman–Crippen MR) is 246 cm³/mol. The van der Waals surface area contributed by atoms with Crippen LogP contribution in [0.1, 0.15) is 36.9 Å². The van der Waals surface area contributed by atoms with Crippen molar-refractivity contribution in [2.75, 3.05) is 70.8 Å². The zero-order chi connectivity index (χ0) is 43.6. The van der Waals surface area contributed by atoms with Gasteiger partial charge >= 0.3 is 12.1 Å². The van der Waals surface area contributed by atoms with Crippen LogP contribution in [0.2, 0.25) is 0 Å². The molecule has 0 radical (unpaired) electrons. The van der Waals surface area contributed by atoms with Crippen molar-refractivity contribution in [1.82, 2.24) is 20.4 Å². The number of anilines is 2. The van der Waals surface area contributed by atoms with Gasteiger partial charge in [-0.1, -0.05) is 54.6 Å². The molecule has 15 nitrogen and oxygen atoms in total. The molecule has 5 aromatic rings. The molecule has 4 amide bonds. The Hall–Kier alpha value is -7.16. The van der Waals surface area contributed by atoms with Gasteiger partial charge in [-0.15, -0.1) is 0 Å². The monoisotopic (exact) mass is 840 g/mol. The molecule has 324 valence electrons. The van der Waals surface area contributed by atoms with Crippen molar-refractivity contribution in [3.8, 4) is 28.4 Å². The summed E-state index contributed by atoms with van der Waals surface area (Å²) in [4.78, 5) is 40.8. The van der Waals surface area contributed by atoms with Gasteiger partial charge in [-0.2, -0.15) is 0 Å². The van der Waals surface area contributed by atoms with Gasteiger partial charge in [0, 0.05) is 51.0 Å². The number of piperidine rings is 1. The van der Waals surface area contributed by atoms with E-state index in [1.165, 1.54) is 0 Å². The minimum absolute atomic E-state index is 0.0351. The van der Waals surface area contributed by atoms with Gasteiger partial charge in [0.1, 0.15) is 17.2 Å². The molecule has 2 aliphatic heterocycles. The van der Waals surface area contributed by atoms with Gasteiger partial charge in [0.05, 0.1) is 45.2 Å². The largest absolute Gasteiger partial charge is 0.496 e. The molecule has 7 N–H and O–H groups in total. The number of methoxy groups -OCH3 is 3. The van der Waals surface area contributed by atoms with Crippen LogP contribution >= 0.6 is 0 Å². The number of guanidine groups is 2. The quantitative estimate of drug-likeness (QED) is 0.0728. The molecular formula is C47H56N10O5. The highest BCUT2D eigenvalue weighted by molar-refractivity contribution is 5.96. The number of amides is 4. The third-order valence-electron chi connectivity index (χ3n) is 11.4. The molecule has 15 heteroatoms. The van der Waals surface area contributed by atoms with Crippen LogP contribution in [0.15, 0.2) is 113 Å². The molecule has 0 aliphatic carbocycles. The van der Waals surface area contributed by atoms with Crippen LogP contribution in [0.5, 0.6) is 17.2 Å². The highest BCUT2D eigenvalue weighted by atomic mass is 16.5. The summed E-state index contributed by atoms with van der Waals surface area (Å²) in [6.07, 6.45) is 1.57. The van der Waals surface area contributed by atoms with E-state index in [9.17, 15) is 9.59 Å². The lowest BCUT2D eigenvalue weighted by atomic mass is 9.98. The predicted octanol–water partition coefficient (Wildman–Crippen LogP) is 6.54. The van der Waals surface area contributed by atoms with Crippen molar-refractivity contribution in [1.29, 1.82) is 0 Å². The van der Waals surface area contributed by atoms with E-state index < -0.39 is 0 Å². The van der Waals surface area contributed by atoms with Gasteiger partial charge in [-0.05, 0) is 95.8 Å². The summed E-state index contributed by atoms with van der Waals surface area (Å²) in [5.41, 5.74) is 18.3. The molecule has 7 rings (SSSR count). The average molecular weight is 841 g/mol. The molecule has 2 aliphatic rings. The van der Waals surface area contributed by atoms with Crippen molar-refractivity contribution >= 4 is 46.1 Å². The number of urea groups is 2. The van der Waals surface area contributed by atoms with Gasteiger partial charge in [0.25, 0.3) is 0 Å². The van der Waals surface area contributed by atoms with E-state index in [1.54, 1.807) is 31.1 Å². The van der Waals surface area contributed by atoms with Crippen LogP contribution in [0.3, 0.4) is 0 Å². The highest BCUT2D eigenvalue weighted by Gasteiger charge is 2.25. The molecule has 62 heavy (non-hydrogen) atoms. The Balaban J connectivity index is 0.889. The second-order valence-corrected chi connectivity index (χ2v) is 15.3. The number of carbonyl (C=O) groups is 2. The fourth-order valence-electron chi connectivity index (χ4n) is 7.98. The third-order valence-corrected chi connectivity index (χ3v) is 11.4. The van der Waals surface area contributed by atoms with Crippen molar-refractivity contribution in [2.45, 2.75) is 38.4 Å².